The molecule has 29 heavy (non-hydrogen) atoms. The Hall–Kier alpha value is -3.53. The molecule has 0 radical (unpaired) electrons. The number of carboxylic acids is 2. The molecule has 0 saturated carbocycles. The zero-order valence-electron chi connectivity index (χ0n) is 15.1. The van der Waals surface area contributed by atoms with Crippen molar-refractivity contribution >= 4 is 23.8 Å². The lowest BCUT2D eigenvalue weighted by atomic mass is 9.98. The number of alkyl halides is 1. The van der Waals surface area contributed by atoms with Gasteiger partial charge in [0.1, 0.15) is 6.67 Å². The summed E-state index contributed by atoms with van der Waals surface area (Å²) in [6, 6.07) is 6.41. The van der Waals surface area contributed by atoms with E-state index in [0.29, 0.717) is 11.1 Å². The minimum absolute atomic E-state index is 0.0255. The van der Waals surface area contributed by atoms with Gasteiger partial charge in [0.2, 0.25) is 0 Å². The SMILES string of the molecule is O=C(O)C1=C(CF)NC(COCCN2C(=O)c3ccccc3C2=O)=C(C(=O)O)C1. The lowest BCUT2D eigenvalue weighted by Crippen LogP contribution is -2.34. The number of dihydropyridines is 1. The van der Waals surface area contributed by atoms with E-state index in [4.69, 9.17) is 9.84 Å². The molecule has 2 aliphatic heterocycles. The summed E-state index contributed by atoms with van der Waals surface area (Å²) in [7, 11) is 0. The van der Waals surface area contributed by atoms with Gasteiger partial charge in [0.25, 0.3) is 11.8 Å². The van der Waals surface area contributed by atoms with E-state index in [9.17, 15) is 28.7 Å². The predicted octanol–water partition coefficient (Wildman–Crippen LogP) is 0.939. The van der Waals surface area contributed by atoms with Gasteiger partial charge in [-0.1, -0.05) is 12.1 Å². The number of rotatable bonds is 8. The average Bonchev–Trinajstić information content (AvgIpc) is 2.95. The fourth-order valence-corrected chi connectivity index (χ4v) is 3.14. The van der Waals surface area contributed by atoms with Crippen LogP contribution in [0.2, 0.25) is 0 Å². The minimum atomic E-state index is -1.41. The number of fused-ring (bicyclic) bond motifs is 1. The third-order valence-electron chi connectivity index (χ3n) is 4.62. The van der Waals surface area contributed by atoms with Crippen molar-refractivity contribution in [1.82, 2.24) is 10.2 Å². The van der Waals surface area contributed by atoms with Gasteiger partial charge in [-0.25, -0.2) is 14.0 Å². The lowest BCUT2D eigenvalue weighted by molar-refractivity contribution is -0.133. The molecule has 9 nitrogen and oxygen atoms in total. The number of carbonyl (C=O) groups excluding carboxylic acids is 2. The molecular formula is C19H17FN2O7. The predicted molar refractivity (Wildman–Crippen MR) is 95.7 cm³/mol. The first-order valence-corrected chi connectivity index (χ1v) is 8.61. The Labute approximate surface area is 164 Å². The van der Waals surface area contributed by atoms with E-state index < -0.39 is 36.8 Å². The van der Waals surface area contributed by atoms with Crippen LogP contribution in [0.1, 0.15) is 27.1 Å². The zero-order chi connectivity index (χ0) is 21.1. The second kappa shape index (κ2) is 8.23. The second-order valence-electron chi connectivity index (χ2n) is 6.32. The summed E-state index contributed by atoms with van der Waals surface area (Å²) in [5.74, 6) is -3.64. The standard InChI is InChI=1S/C19H17FN2O7/c20-8-14-12(18(25)26)7-13(19(27)28)15(21-14)9-29-6-5-22-16(23)10-3-1-2-4-11(10)17(22)24/h1-4,21H,5-9H2,(H,25,26)(H,27,28). The Morgan fingerprint density at radius 2 is 1.59 bits per heavy atom. The molecule has 2 heterocycles. The Morgan fingerprint density at radius 1 is 1.03 bits per heavy atom. The van der Waals surface area contributed by atoms with E-state index in [1.165, 1.54) is 0 Å². The Balaban J connectivity index is 1.62. The molecule has 3 rings (SSSR count). The molecule has 1 aromatic rings. The van der Waals surface area contributed by atoms with Gasteiger partial charge in [-0.15, -0.1) is 0 Å². The van der Waals surface area contributed by atoms with E-state index in [2.05, 4.69) is 5.32 Å². The number of amides is 2. The molecule has 2 aliphatic rings. The van der Waals surface area contributed by atoms with Gasteiger partial charge < -0.3 is 20.3 Å². The van der Waals surface area contributed by atoms with Crippen LogP contribution < -0.4 is 5.32 Å². The maximum Gasteiger partial charge on any atom is 0.333 e. The lowest BCUT2D eigenvalue weighted by Gasteiger charge is -2.23. The number of allylic oxidation sites excluding steroid dienone is 1. The van der Waals surface area contributed by atoms with Crippen LogP contribution in [0.5, 0.6) is 0 Å². The smallest absolute Gasteiger partial charge is 0.333 e. The van der Waals surface area contributed by atoms with Gasteiger partial charge >= 0.3 is 11.9 Å². The Bertz CT molecular complexity index is 932. The number of carboxylic acid groups (broad SMARTS) is 2. The van der Waals surface area contributed by atoms with E-state index in [1.54, 1.807) is 24.3 Å². The van der Waals surface area contributed by atoms with Crippen molar-refractivity contribution in [3.8, 4) is 0 Å². The molecular weight excluding hydrogens is 387 g/mol. The number of nitrogens with one attached hydrogen (secondary N) is 1. The first-order chi connectivity index (χ1) is 13.8. The molecule has 0 fully saturated rings. The maximum atomic E-state index is 13.1. The van der Waals surface area contributed by atoms with Gasteiger partial charge in [0.15, 0.2) is 0 Å². The normalized spacial score (nSPS) is 16.2. The molecule has 1 aromatic carbocycles. The zero-order valence-corrected chi connectivity index (χ0v) is 15.1. The Kier molecular flexibility index (Phi) is 5.74. The highest BCUT2D eigenvalue weighted by Gasteiger charge is 2.34. The largest absolute Gasteiger partial charge is 0.478 e. The second-order valence-corrected chi connectivity index (χ2v) is 6.32. The summed E-state index contributed by atoms with van der Waals surface area (Å²) in [5.41, 5.74) is -0.207. The Morgan fingerprint density at radius 3 is 2.10 bits per heavy atom. The molecule has 0 bridgehead atoms. The topological polar surface area (TPSA) is 133 Å². The van der Waals surface area contributed by atoms with Gasteiger partial charge in [0, 0.05) is 6.42 Å². The molecule has 10 heteroatoms. The highest BCUT2D eigenvalue weighted by Crippen LogP contribution is 2.25. The maximum absolute atomic E-state index is 13.1. The van der Waals surface area contributed by atoms with Crippen molar-refractivity contribution in [1.29, 1.82) is 0 Å². The number of carbonyl (C=O) groups is 4. The number of benzene rings is 1. The minimum Gasteiger partial charge on any atom is -0.478 e. The van der Waals surface area contributed by atoms with E-state index >= 15 is 0 Å². The van der Waals surface area contributed by atoms with Gasteiger partial charge in [-0.05, 0) is 12.1 Å². The number of halogens is 1. The van der Waals surface area contributed by atoms with Gasteiger partial charge in [0.05, 0.1) is 53.4 Å². The summed E-state index contributed by atoms with van der Waals surface area (Å²) < 4.78 is 18.5. The first-order valence-electron chi connectivity index (χ1n) is 8.61. The van der Waals surface area contributed by atoms with Crippen LogP contribution in [0.3, 0.4) is 0 Å². The van der Waals surface area contributed by atoms with Crippen molar-refractivity contribution in [3.05, 3.63) is 57.9 Å². The van der Waals surface area contributed by atoms with Crippen LogP contribution in [-0.4, -0.2) is 65.3 Å². The molecule has 0 spiro atoms. The highest BCUT2D eigenvalue weighted by atomic mass is 19.1. The number of imide groups is 1. The van der Waals surface area contributed by atoms with Crippen molar-refractivity contribution in [2.45, 2.75) is 6.42 Å². The monoisotopic (exact) mass is 404 g/mol. The number of ether oxygens (including phenoxy) is 1. The third-order valence-corrected chi connectivity index (χ3v) is 4.62. The van der Waals surface area contributed by atoms with Gasteiger partial charge in [-0.2, -0.15) is 0 Å². The number of hydrogen-bond acceptors (Lipinski definition) is 6. The average molecular weight is 404 g/mol. The van der Waals surface area contributed by atoms with E-state index in [0.717, 1.165) is 4.90 Å². The van der Waals surface area contributed by atoms with Crippen molar-refractivity contribution < 1.29 is 38.5 Å². The summed E-state index contributed by atoms with van der Waals surface area (Å²) in [4.78, 5) is 48.2. The highest BCUT2D eigenvalue weighted by molar-refractivity contribution is 6.21. The quantitative estimate of drug-likeness (QED) is 0.431. The van der Waals surface area contributed by atoms with E-state index in [-0.39, 0.29) is 42.3 Å². The number of hydrogen-bond donors (Lipinski definition) is 3. The van der Waals surface area contributed by atoms with Gasteiger partial charge in [-0.3, -0.25) is 14.5 Å². The number of nitrogens with zero attached hydrogens (tertiary/aromatic N) is 1. The molecule has 0 atom stereocenters. The van der Waals surface area contributed by atoms with Crippen molar-refractivity contribution in [3.63, 3.8) is 0 Å². The van der Waals surface area contributed by atoms with Crippen LogP contribution in [-0.2, 0) is 14.3 Å². The molecule has 0 unspecified atom stereocenters. The van der Waals surface area contributed by atoms with Crippen LogP contribution in [0.25, 0.3) is 0 Å². The fraction of sp³-hybridized carbons (Fsp3) is 0.263. The third kappa shape index (κ3) is 3.87. The van der Waals surface area contributed by atoms with E-state index in [1.807, 2.05) is 0 Å². The molecule has 3 N–H and O–H groups in total. The fourth-order valence-electron chi connectivity index (χ4n) is 3.14. The van der Waals surface area contributed by atoms with Crippen LogP contribution in [0.4, 0.5) is 4.39 Å². The molecule has 2 amide bonds. The molecule has 0 saturated heterocycles. The summed E-state index contributed by atoms with van der Waals surface area (Å²) in [6.45, 7) is -1.51. The van der Waals surface area contributed by atoms with Crippen molar-refractivity contribution in [2.75, 3.05) is 26.4 Å². The summed E-state index contributed by atoms with van der Waals surface area (Å²) in [5, 5.41) is 20.9. The van der Waals surface area contributed by atoms with Crippen molar-refractivity contribution in [2.24, 2.45) is 0 Å². The first kappa shape index (κ1) is 20.2. The molecule has 0 aliphatic carbocycles. The molecule has 152 valence electrons. The summed E-state index contributed by atoms with van der Waals surface area (Å²) in [6.07, 6.45) is -0.450. The molecule has 0 aromatic heterocycles. The summed E-state index contributed by atoms with van der Waals surface area (Å²) >= 11 is 0. The van der Waals surface area contributed by atoms with Crippen LogP contribution in [0, 0.1) is 0 Å². The number of aliphatic carboxylic acids is 2. The van der Waals surface area contributed by atoms with Crippen LogP contribution in [0.15, 0.2) is 46.8 Å². The van der Waals surface area contributed by atoms with Crippen LogP contribution >= 0.6 is 0 Å².